The number of nitrogen functional groups attached to an aromatic ring is 1. The van der Waals surface area contributed by atoms with Gasteiger partial charge in [0, 0.05) is 23.0 Å². The van der Waals surface area contributed by atoms with Gasteiger partial charge in [-0.2, -0.15) is 0 Å². The predicted molar refractivity (Wildman–Crippen MR) is 145 cm³/mol. The lowest BCUT2D eigenvalue weighted by Gasteiger charge is -2.49. The van der Waals surface area contributed by atoms with Crippen molar-refractivity contribution in [3.63, 3.8) is 0 Å². The number of rotatable bonds is 11. The highest BCUT2D eigenvalue weighted by Gasteiger charge is 2.54. The number of amidine groups is 1. The summed E-state index contributed by atoms with van der Waals surface area (Å²) in [4.78, 5) is 56.3. The quantitative estimate of drug-likeness (QED) is 0.0594. The zero-order valence-electron chi connectivity index (χ0n) is 19.6. The van der Waals surface area contributed by atoms with E-state index in [-0.39, 0.29) is 33.8 Å². The molecule has 1 fully saturated rings. The Morgan fingerprint density at radius 3 is 2.74 bits per heavy atom. The molecule has 4 heterocycles. The second-order valence-electron chi connectivity index (χ2n) is 7.61. The molecular weight excluding hydrogens is 575 g/mol. The largest absolute Gasteiger partial charge is 0.477 e. The Labute approximate surface area is 232 Å². The summed E-state index contributed by atoms with van der Waals surface area (Å²) in [5, 5.41) is 26.0. The van der Waals surface area contributed by atoms with E-state index in [0.717, 1.165) is 11.3 Å². The van der Waals surface area contributed by atoms with Gasteiger partial charge in [0.05, 0.1) is 5.75 Å². The minimum Gasteiger partial charge on any atom is -0.477 e. The maximum atomic E-state index is 13.0. The Bertz CT molecular complexity index is 1350. The van der Waals surface area contributed by atoms with Gasteiger partial charge < -0.3 is 26.7 Å². The number of nitrogens with two attached hydrogens (primary N) is 2. The SMILES string of the molecule is CON=C(C(=O)N[C@@H]1C(=O)N2C(C(=O)O)=C(CSc3cc(SCC(=N)N)ncn3)CS[C@@H]12)c1csc(N)n1. The van der Waals surface area contributed by atoms with Crippen molar-refractivity contribution in [3.05, 3.63) is 34.7 Å². The molecule has 0 aliphatic carbocycles. The first kappa shape index (κ1) is 27.7. The van der Waals surface area contributed by atoms with E-state index in [0.29, 0.717) is 27.1 Å². The minimum absolute atomic E-state index is 0.0246. The van der Waals surface area contributed by atoms with Gasteiger partial charge in [-0.15, -0.1) is 34.9 Å². The molecule has 2 atom stereocenters. The zero-order chi connectivity index (χ0) is 27.4. The fourth-order valence-electron chi connectivity index (χ4n) is 3.49. The third-order valence-electron chi connectivity index (χ3n) is 5.09. The summed E-state index contributed by atoms with van der Waals surface area (Å²) >= 11 is 5.07. The van der Waals surface area contributed by atoms with Crippen molar-refractivity contribution in [2.45, 2.75) is 21.5 Å². The summed E-state index contributed by atoms with van der Waals surface area (Å²) in [5.74, 6) is -1.53. The molecule has 2 aromatic heterocycles. The van der Waals surface area contributed by atoms with Gasteiger partial charge in [-0.3, -0.25) is 19.9 Å². The average molecular weight is 596 g/mol. The number of β-lactam (4-membered cyclic amide) rings is 1. The number of hydrogen-bond donors (Lipinski definition) is 5. The number of carbonyl (C=O) groups is 3. The maximum absolute atomic E-state index is 13.0. The monoisotopic (exact) mass is 595 g/mol. The number of carbonyl (C=O) groups excluding carboxylic acids is 2. The van der Waals surface area contributed by atoms with Crippen LogP contribution in [-0.4, -0.2) is 90.1 Å². The second kappa shape index (κ2) is 12.0. The van der Waals surface area contributed by atoms with Crippen molar-refractivity contribution in [2.75, 3.05) is 30.1 Å². The standard InChI is InChI=1S/C20H21N9O5S4/c1-34-28-13(9-5-38-20(23)26-9)16(30)27-14-17(31)29-15(19(32)33)8(4-37-18(14)29)3-35-11-2-12(25-7-24-11)36-6-10(21)22/h2,5,7,14,18H,3-4,6H2,1H3,(H3,21,22)(H2,23,26)(H,27,30)(H,32,33)/t14-,18+/m1/s1. The molecule has 2 amide bonds. The number of aromatic nitrogens is 3. The number of carboxylic acids is 1. The lowest BCUT2D eigenvalue weighted by Crippen LogP contribution is -2.71. The number of amides is 2. The number of thioether (sulfide) groups is 3. The van der Waals surface area contributed by atoms with E-state index in [2.05, 4.69) is 25.4 Å². The minimum atomic E-state index is -1.23. The molecule has 1 saturated heterocycles. The van der Waals surface area contributed by atoms with Crippen LogP contribution >= 0.6 is 46.6 Å². The highest BCUT2D eigenvalue weighted by atomic mass is 32.2. The molecule has 0 saturated carbocycles. The molecule has 0 unspecified atom stereocenters. The highest BCUT2D eigenvalue weighted by molar-refractivity contribution is 8.01. The fourth-order valence-corrected chi connectivity index (χ4v) is 7.08. The summed E-state index contributed by atoms with van der Waals surface area (Å²) in [5.41, 5.74) is 11.5. The van der Waals surface area contributed by atoms with Gasteiger partial charge in [0.25, 0.3) is 11.8 Å². The lowest BCUT2D eigenvalue weighted by molar-refractivity contribution is -0.150. The van der Waals surface area contributed by atoms with Crippen LogP contribution in [0, 0.1) is 5.41 Å². The molecule has 0 radical (unpaired) electrons. The first-order chi connectivity index (χ1) is 18.2. The van der Waals surface area contributed by atoms with Crippen LogP contribution in [0.1, 0.15) is 5.69 Å². The smallest absolute Gasteiger partial charge is 0.352 e. The Kier molecular flexibility index (Phi) is 8.75. The van der Waals surface area contributed by atoms with Gasteiger partial charge in [0.2, 0.25) is 0 Å². The molecule has 200 valence electrons. The number of fused-ring (bicyclic) bond motifs is 1. The van der Waals surface area contributed by atoms with E-state index in [1.54, 1.807) is 6.07 Å². The van der Waals surface area contributed by atoms with Crippen LogP contribution in [0.5, 0.6) is 0 Å². The van der Waals surface area contributed by atoms with E-state index in [1.807, 2.05) is 0 Å². The van der Waals surface area contributed by atoms with Crippen molar-refractivity contribution in [3.8, 4) is 0 Å². The average Bonchev–Trinajstić information content (AvgIpc) is 3.32. The molecule has 7 N–H and O–H groups in total. The predicted octanol–water partition coefficient (Wildman–Crippen LogP) is 0.425. The molecule has 0 bridgehead atoms. The number of hydrogen-bond acceptors (Lipinski definition) is 14. The van der Waals surface area contributed by atoms with Crippen molar-refractivity contribution in [2.24, 2.45) is 10.9 Å². The van der Waals surface area contributed by atoms with Crippen molar-refractivity contribution < 1.29 is 24.3 Å². The van der Waals surface area contributed by atoms with E-state index in [1.165, 1.54) is 59.0 Å². The summed E-state index contributed by atoms with van der Waals surface area (Å²) < 4.78 is 0. The van der Waals surface area contributed by atoms with E-state index in [9.17, 15) is 19.5 Å². The second-order valence-corrected chi connectivity index (χ2v) is 11.6. The lowest BCUT2D eigenvalue weighted by atomic mass is 10.0. The third-order valence-corrected chi connectivity index (χ3v) is 9.09. The summed E-state index contributed by atoms with van der Waals surface area (Å²) in [6, 6.07) is 0.782. The van der Waals surface area contributed by atoms with Gasteiger partial charge in [-0.05, 0) is 5.57 Å². The van der Waals surface area contributed by atoms with E-state index in [4.69, 9.17) is 21.7 Å². The normalized spacial score (nSPS) is 19.0. The van der Waals surface area contributed by atoms with Gasteiger partial charge in [-0.1, -0.05) is 16.9 Å². The summed E-state index contributed by atoms with van der Waals surface area (Å²) in [6.45, 7) is 0. The van der Waals surface area contributed by atoms with Gasteiger partial charge in [-0.25, -0.2) is 19.7 Å². The molecule has 4 rings (SSSR count). The van der Waals surface area contributed by atoms with E-state index < -0.39 is 29.2 Å². The van der Waals surface area contributed by atoms with Crippen molar-refractivity contribution in [1.29, 1.82) is 5.41 Å². The summed E-state index contributed by atoms with van der Waals surface area (Å²) in [7, 11) is 1.27. The first-order valence-corrected chi connectivity index (χ1v) is 14.5. The highest BCUT2D eigenvalue weighted by Crippen LogP contribution is 2.41. The number of nitrogens with zero attached hydrogens (tertiary/aromatic N) is 5. The van der Waals surface area contributed by atoms with Crippen LogP contribution in [-0.2, 0) is 19.2 Å². The number of nitrogens with one attached hydrogen (secondary N) is 2. The maximum Gasteiger partial charge on any atom is 0.352 e. The Morgan fingerprint density at radius 2 is 2.11 bits per heavy atom. The molecule has 14 nitrogen and oxygen atoms in total. The van der Waals surface area contributed by atoms with Crippen molar-refractivity contribution in [1.82, 2.24) is 25.2 Å². The number of anilines is 1. The fraction of sp³-hybridized carbons (Fsp3) is 0.300. The Hall–Kier alpha value is -3.35. The van der Waals surface area contributed by atoms with Gasteiger partial charge >= 0.3 is 5.97 Å². The molecule has 0 spiro atoms. The Morgan fingerprint density at radius 1 is 1.37 bits per heavy atom. The molecule has 2 aliphatic heterocycles. The zero-order valence-corrected chi connectivity index (χ0v) is 22.9. The first-order valence-electron chi connectivity index (χ1n) is 10.6. The number of thiazole rings is 1. The molecule has 2 aliphatic rings. The molecule has 0 aromatic carbocycles. The van der Waals surface area contributed by atoms with Gasteiger partial charge in [0.15, 0.2) is 10.8 Å². The number of carboxylic acid groups (broad SMARTS) is 1. The van der Waals surface area contributed by atoms with Crippen LogP contribution in [0.3, 0.4) is 0 Å². The third kappa shape index (κ3) is 6.03. The van der Waals surface area contributed by atoms with Crippen LogP contribution in [0.15, 0.2) is 44.3 Å². The van der Waals surface area contributed by atoms with Gasteiger partial charge in [0.1, 0.15) is 52.1 Å². The van der Waals surface area contributed by atoms with Crippen LogP contribution in [0.25, 0.3) is 0 Å². The Balaban J connectivity index is 1.45. The number of oxime groups is 1. The molecule has 2 aromatic rings. The van der Waals surface area contributed by atoms with Crippen LogP contribution in [0.2, 0.25) is 0 Å². The van der Waals surface area contributed by atoms with E-state index >= 15 is 0 Å². The summed E-state index contributed by atoms with van der Waals surface area (Å²) in [6.07, 6.45) is 1.39. The molecule has 38 heavy (non-hydrogen) atoms. The van der Waals surface area contributed by atoms with Crippen molar-refractivity contribution >= 4 is 81.1 Å². The van der Waals surface area contributed by atoms with Crippen LogP contribution in [0.4, 0.5) is 5.13 Å². The topological polar surface area (TPSA) is 223 Å². The molecular formula is C20H21N9O5S4. The number of aliphatic carboxylic acids is 1. The van der Waals surface area contributed by atoms with Crippen LogP contribution < -0.4 is 16.8 Å². The molecule has 18 heteroatoms.